The van der Waals surface area contributed by atoms with Crippen LogP contribution in [0.1, 0.15) is 12.0 Å². The second-order valence-electron chi connectivity index (χ2n) is 2.17. The van der Waals surface area contributed by atoms with Gasteiger partial charge in [-0.3, -0.25) is 0 Å². The van der Waals surface area contributed by atoms with Crippen LogP contribution < -0.4 is 0 Å². The van der Waals surface area contributed by atoms with Crippen LogP contribution in [0.3, 0.4) is 0 Å². The zero-order valence-electron chi connectivity index (χ0n) is 6.15. The van der Waals surface area contributed by atoms with Crippen molar-refractivity contribution < 1.29 is 18.8 Å². The first-order valence-corrected chi connectivity index (χ1v) is 3.14. The highest BCUT2D eigenvalue weighted by atomic mass is 19.3. The van der Waals surface area contributed by atoms with E-state index < -0.39 is 28.5 Å². The Morgan fingerprint density at radius 1 is 1.62 bits per heavy atom. The van der Waals surface area contributed by atoms with Gasteiger partial charge in [0, 0.05) is 6.07 Å². The van der Waals surface area contributed by atoms with Gasteiger partial charge in [-0.25, -0.2) is 8.78 Å². The lowest BCUT2D eigenvalue weighted by atomic mass is 10.3. The zero-order chi connectivity index (χ0) is 10.0. The summed E-state index contributed by atoms with van der Waals surface area (Å²) in [4.78, 5) is 12.2. The molecule has 1 heterocycles. The van der Waals surface area contributed by atoms with E-state index in [1.54, 1.807) is 0 Å². The van der Waals surface area contributed by atoms with Crippen LogP contribution in [0.5, 0.6) is 5.75 Å². The summed E-state index contributed by atoms with van der Waals surface area (Å²) in [7, 11) is 0. The molecule has 0 aliphatic rings. The Labute approximate surface area is 70.8 Å². The van der Waals surface area contributed by atoms with E-state index in [4.69, 9.17) is 5.11 Å². The third-order valence-electron chi connectivity index (χ3n) is 1.29. The normalized spacial score (nSPS) is 10.4. The van der Waals surface area contributed by atoms with Crippen LogP contribution in [0.25, 0.3) is 0 Å². The SMILES string of the molecule is O=[N+]([O-])c1ncc(C(F)F)cc1O. The fourth-order valence-electron chi connectivity index (χ4n) is 0.722. The van der Waals surface area contributed by atoms with Crippen molar-refractivity contribution in [2.24, 2.45) is 0 Å². The molecule has 0 saturated heterocycles. The Bertz CT molecular complexity index is 343. The first kappa shape index (κ1) is 9.30. The van der Waals surface area contributed by atoms with Gasteiger partial charge in [-0.2, -0.15) is 0 Å². The maximum Gasteiger partial charge on any atom is 0.405 e. The van der Waals surface area contributed by atoms with Crippen LogP contribution in [0.4, 0.5) is 14.6 Å². The highest BCUT2D eigenvalue weighted by molar-refractivity contribution is 5.40. The van der Waals surface area contributed by atoms with E-state index in [-0.39, 0.29) is 0 Å². The number of rotatable bonds is 2. The minimum Gasteiger partial charge on any atom is -0.501 e. The molecular formula is C6H4F2N2O3. The summed E-state index contributed by atoms with van der Waals surface area (Å²) in [6, 6.07) is 0.621. The second kappa shape index (κ2) is 3.30. The quantitative estimate of drug-likeness (QED) is 0.567. The molecule has 1 N–H and O–H groups in total. The maximum atomic E-state index is 12.0. The number of alkyl halides is 2. The number of hydrogen-bond acceptors (Lipinski definition) is 4. The van der Waals surface area contributed by atoms with Crippen molar-refractivity contribution in [2.45, 2.75) is 6.43 Å². The highest BCUT2D eigenvalue weighted by Gasteiger charge is 2.18. The third kappa shape index (κ3) is 1.86. The molecule has 5 nitrogen and oxygen atoms in total. The summed E-state index contributed by atoms with van der Waals surface area (Å²) in [6.45, 7) is 0. The van der Waals surface area contributed by atoms with Gasteiger partial charge >= 0.3 is 5.82 Å². The molecule has 0 fully saturated rings. The van der Waals surface area contributed by atoms with E-state index >= 15 is 0 Å². The van der Waals surface area contributed by atoms with Gasteiger partial charge in [-0.15, -0.1) is 0 Å². The number of aromatic hydroxyl groups is 1. The van der Waals surface area contributed by atoms with Gasteiger partial charge in [0.2, 0.25) is 5.75 Å². The molecule has 0 atom stereocenters. The number of nitrogens with zero attached hydrogens (tertiary/aromatic N) is 2. The Balaban J connectivity index is 3.13. The molecule has 0 unspecified atom stereocenters. The number of hydrogen-bond donors (Lipinski definition) is 1. The summed E-state index contributed by atoms with van der Waals surface area (Å²) < 4.78 is 23.9. The van der Waals surface area contributed by atoms with Gasteiger partial charge < -0.3 is 15.2 Å². The van der Waals surface area contributed by atoms with Crippen LogP contribution in [-0.2, 0) is 0 Å². The third-order valence-corrected chi connectivity index (χ3v) is 1.29. The average molecular weight is 190 g/mol. The van der Waals surface area contributed by atoms with Crippen molar-refractivity contribution in [3.05, 3.63) is 27.9 Å². The molecule has 7 heteroatoms. The van der Waals surface area contributed by atoms with Crippen LogP contribution in [0, 0.1) is 10.1 Å². The molecule has 0 bridgehead atoms. The molecule has 70 valence electrons. The van der Waals surface area contributed by atoms with Crippen LogP contribution >= 0.6 is 0 Å². The summed E-state index contributed by atoms with van der Waals surface area (Å²) >= 11 is 0. The fourth-order valence-corrected chi connectivity index (χ4v) is 0.722. The van der Waals surface area contributed by atoms with Crippen molar-refractivity contribution in [1.82, 2.24) is 4.98 Å². The highest BCUT2D eigenvalue weighted by Crippen LogP contribution is 2.27. The standard InChI is InChI=1S/C6H4F2N2O3/c7-5(8)3-1-4(11)6(9-2-3)10(12)13/h1-2,5,11H. The summed E-state index contributed by atoms with van der Waals surface area (Å²) in [5, 5.41) is 19.0. The summed E-state index contributed by atoms with van der Waals surface area (Å²) in [5.41, 5.74) is -0.553. The number of halogens is 2. The molecule has 13 heavy (non-hydrogen) atoms. The van der Waals surface area contributed by atoms with E-state index in [9.17, 15) is 18.9 Å². The van der Waals surface area contributed by atoms with Crippen molar-refractivity contribution in [3.8, 4) is 5.75 Å². The molecule has 0 spiro atoms. The molecule has 0 radical (unpaired) electrons. The van der Waals surface area contributed by atoms with Gasteiger partial charge in [0.05, 0.1) is 5.56 Å². The number of pyridine rings is 1. The molecular weight excluding hydrogens is 186 g/mol. The van der Waals surface area contributed by atoms with Crippen LogP contribution in [-0.4, -0.2) is 15.0 Å². The Morgan fingerprint density at radius 3 is 2.62 bits per heavy atom. The minimum absolute atomic E-state index is 0.553. The van der Waals surface area contributed by atoms with E-state index in [0.717, 1.165) is 0 Å². The minimum atomic E-state index is -2.81. The maximum absolute atomic E-state index is 12.0. The predicted octanol–water partition coefficient (Wildman–Crippen LogP) is 1.63. The smallest absolute Gasteiger partial charge is 0.405 e. The first-order chi connectivity index (χ1) is 6.02. The Kier molecular flexibility index (Phi) is 2.36. The zero-order valence-corrected chi connectivity index (χ0v) is 6.15. The molecule has 1 aromatic heterocycles. The number of aromatic nitrogens is 1. The molecule has 0 aliphatic carbocycles. The van der Waals surface area contributed by atoms with Gasteiger partial charge in [-0.1, -0.05) is 0 Å². The Hall–Kier alpha value is -1.79. The monoisotopic (exact) mass is 190 g/mol. The second-order valence-corrected chi connectivity index (χ2v) is 2.17. The molecule has 1 aromatic rings. The van der Waals surface area contributed by atoms with Crippen molar-refractivity contribution >= 4 is 5.82 Å². The lowest BCUT2D eigenvalue weighted by Gasteiger charge is -1.98. The summed E-state index contributed by atoms with van der Waals surface area (Å²) in [5.74, 6) is -1.69. The molecule has 1 rings (SSSR count). The van der Waals surface area contributed by atoms with E-state index in [1.165, 1.54) is 0 Å². The molecule has 0 aliphatic heterocycles. The lowest BCUT2D eigenvalue weighted by Crippen LogP contribution is -1.94. The van der Waals surface area contributed by atoms with Crippen molar-refractivity contribution in [1.29, 1.82) is 0 Å². The molecule has 0 aromatic carbocycles. The van der Waals surface area contributed by atoms with E-state index in [1.807, 2.05) is 0 Å². The van der Waals surface area contributed by atoms with Crippen LogP contribution in [0.2, 0.25) is 0 Å². The van der Waals surface area contributed by atoms with E-state index in [2.05, 4.69) is 4.98 Å². The first-order valence-electron chi connectivity index (χ1n) is 3.14. The van der Waals surface area contributed by atoms with Crippen LogP contribution in [0.15, 0.2) is 12.3 Å². The van der Waals surface area contributed by atoms with E-state index in [0.29, 0.717) is 12.3 Å². The molecule has 0 amide bonds. The van der Waals surface area contributed by atoms with Gasteiger partial charge in [0.25, 0.3) is 6.43 Å². The largest absolute Gasteiger partial charge is 0.501 e. The van der Waals surface area contributed by atoms with Gasteiger partial charge in [-0.05, 0) is 9.91 Å². The van der Waals surface area contributed by atoms with Gasteiger partial charge in [0.1, 0.15) is 6.20 Å². The van der Waals surface area contributed by atoms with Crippen molar-refractivity contribution in [3.63, 3.8) is 0 Å². The summed E-state index contributed by atoms with van der Waals surface area (Å²) in [6.07, 6.45) is -2.15. The lowest BCUT2D eigenvalue weighted by molar-refractivity contribution is -0.390. The van der Waals surface area contributed by atoms with Gasteiger partial charge in [0.15, 0.2) is 0 Å². The topological polar surface area (TPSA) is 76.3 Å². The average Bonchev–Trinajstić information content (AvgIpc) is 2.03. The number of nitro groups is 1. The van der Waals surface area contributed by atoms with Crippen molar-refractivity contribution in [2.75, 3.05) is 0 Å². The molecule has 0 saturated carbocycles. The predicted molar refractivity (Wildman–Crippen MR) is 37.5 cm³/mol. The Morgan fingerprint density at radius 2 is 2.23 bits per heavy atom. The fraction of sp³-hybridized carbons (Fsp3) is 0.167.